The molecule has 2 aromatic rings. The van der Waals surface area contributed by atoms with Crippen LogP contribution >= 0.6 is 0 Å². The Kier molecular flexibility index (Phi) is 6.32. The van der Waals surface area contributed by atoms with Crippen LogP contribution in [0.3, 0.4) is 0 Å². The molecule has 0 amide bonds. The summed E-state index contributed by atoms with van der Waals surface area (Å²) in [5, 5.41) is 6.83. The smallest absolute Gasteiger partial charge is 0.405 e. The fraction of sp³-hybridized carbons (Fsp3) is 0.529. The molecule has 12 heteroatoms. The lowest BCUT2D eigenvalue weighted by atomic mass is 9.86. The van der Waals surface area contributed by atoms with Gasteiger partial charge < -0.3 is 14.6 Å². The van der Waals surface area contributed by atoms with Gasteiger partial charge in [0.2, 0.25) is 15.8 Å². The lowest BCUT2D eigenvalue weighted by Gasteiger charge is -2.28. The van der Waals surface area contributed by atoms with E-state index in [4.69, 9.17) is 4.52 Å². The molecule has 0 saturated heterocycles. The first kappa shape index (κ1) is 21.4. The zero-order valence-electron chi connectivity index (χ0n) is 15.6. The van der Waals surface area contributed by atoms with Crippen LogP contribution < -0.4 is 14.8 Å². The number of anilines is 1. The Morgan fingerprint density at radius 1 is 1.21 bits per heavy atom. The molecule has 1 aliphatic carbocycles. The summed E-state index contributed by atoms with van der Waals surface area (Å²) in [5.74, 6) is -0.169. The molecule has 0 bridgehead atoms. The van der Waals surface area contributed by atoms with Crippen LogP contribution in [0.25, 0.3) is 11.4 Å². The number of rotatable bonds is 7. The molecule has 0 unspecified atom stereocenters. The van der Waals surface area contributed by atoms with Crippen molar-refractivity contribution in [2.24, 2.45) is 5.92 Å². The van der Waals surface area contributed by atoms with Crippen LogP contribution in [-0.4, -0.2) is 43.8 Å². The maximum Gasteiger partial charge on any atom is 0.573 e. The number of benzene rings is 1. The van der Waals surface area contributed by atoms with Gasteiger partial charge >= 0.3 is 12.4 Å². The molecule has 1 heterocycles. The van der Waals surface area contributed by atoms with Gasteiger partial charge in [-0.2, -0.15) is 4.98 Å². The van der Waals surface area contributed by atoms with Crippen LogP contribution in [0.1, 0.15) is 25.7 Å². The second-order valence-electron chi connectivity index (χ2n) is 6.95. The topological polar surface area (TPSA) is 106 Å². The fourth-order valence-electron chi connectivity index (χ4n) is 3.21. The van der Waals surface area contributed by atoms with Crippen molar-refractivity contribution in [1.29, 1.82) is 0 Å². The third-order valence-corrected chi connectivity index (χ3v) is 5.28. The Labute approximate surface area is 165 Å². The fourth-order valence-corrected chi connectivity index (χ4v) is 3.75. The summed E-state index contributed by atoms with van der Waals surface area (Å²) in [6, 6.07) is 5.72. The third-order valence-electron chi connectivity index (χ3n) is 4.59. The number of para-hydroxylation sites is 1. The number of nitrogens with one attached hydrogen (secondary N) is 2. The Hall–Kier alpha value is -2.34. The minimum Gasteiger partial charge on any atom is -0.405 e. The summed E-state index contributed by atoms with van der Waals surface area (Å²) in [6.45, 7) is 0.409. The second kappa shape index (κ2) is 8.57. The van der Waals surface area contributed by atoms with Crippen LogP contribution in [0, 0.1) is 5.92 Å². The quantitative estimate of drug-likeness (QED) is 0.689. The summed E-state index contributed by atoms with van der Waals surface area (Å²) < 4.78 is 71.7. The molecule has 1 aromatic carbocycles. The SMILES string of the molecule is CS(=O)(=O)NCC1CCC(Nc2nc(-c3ccccc3OC(F)(F)F)no2)CC1. The van der Waals surface area contributed by atoms with Gasteiger partial charge in [-0.3, -0.25) is 0 Å². The molecule has 1 fully saturated rings. The largest absolute Gasteiger partial charge is 0.573 e. The number of hydrogen-bond acceptors (Lipinski definition) is 7. The molecule has 29 heavy (non-hydrogen) atoms. The molecule has 0 atom stereocenters. The van der Waals surface area contributed by atoms with E-state index in [2.05, 4.69) is 24.9 Å². The first-order chi connectivity index (χ1) is 13.6. The highest BCUT2D eigenvalue weighted by atomic mass is 32.2. The number of ether oxygens (including phenoxy) is 1. The van der Waals surface area contributed by atoms with Crippen LogP contribution in [0.5, 0.6) is 5.75 Å². The molecule has 1 aromatic heterocycles. The molecule has 1 aliphatic rings. The molecule has 2 N–H and O–H groups in total. The zero-order valence-corrected chi connectivity index (χ0v) is 16.4. The molecule has 160 valence electrons. The van der Waals surface area contributed by atoms with Crippen molar-refractivity contribution < 1.29 is 30.8 Å². The van der Waals surface area contributed by atoms with E-state index in [1.165, 1.54) is 18.2 Å². The standard InChI is InChI=1S/C17H21F3N4O4S/c1-29(25,26)21-10-11-6-8-12(9-7-11)22-16-23-15(24-28-16)13-4-2-3-5-14(13)27-17(18,19)20/h2-5,11-12,21H,6-10H2,1H3,(H,22,23,24). The summed E-state index contributed by atoms with van der Waals surface area (Å²) in [4.78, 5) is 4.13. The van der Waals surface area contributed by atoms with Crippen LogP contribution in [0.4, 0.5) is 19.2 Å². The number of hydrogen-bond donors (Lipinski definition) is 2. The Bertz CT molecular complexity index is 925. The van der Waals surface area contributed by atoms with E-state index in [9.17, 15) is 21.6 Å². The van der Waals surface area contributed by atoms with Gasteiger partial charge in [0.25, 0.3) is 0 Å². The van der Waals surface area contributed by atoms with Gasteiger partial charge in [-0.05, 0) is 43.7 Å². The minimum absolute atomic E-state index is 0.0154. The average Bonchev–Trinajstić information content (AvgIpc) is 3.08. The minimum atomic E-state index is -4.83. The van der Waals surface area contributed by atoms with Gasteiger partial charge in [-0.1, -0.05) is 17.3 Å². The average molecular weight is 434 g/mol. The number of nitrogens with zero attached hydrogens (tertiary/aromatic N) is 2. The summed E-state index contributed by atoms with van der Waals surface area (Å²) in [5.41, 5.74) is 0.0668. The van der Waals surface area contributed by atoms with Crippen molar-refractivity contribution in [1.82, 2.24) is 14.9 Å². The molecule has 0 spiro atoms. The van der Waals surface area contributed by atoms with Crippen molar-refractivity contribution >= 4 is 16.0 Å². The summed E-state index contributed by atoms with van der Waals surface area (Å²) in [7, 11) is -3.20. The van der Waals surface area contributed by atoms with Gasteiger partial charge in [0, 0.05) is 12.6 Å². The molecule has 8 nitrogen and oxygen atoms in total. The van der Waals surface area contributed by atoms with Gasteiger partial charge in [-0.25, -0.2) is 13.1 Å². The van der Waals surface area contributed by atoms with E-state index < -0.39 is 22.1 Å². The molecule has 1 saturated carbocycles. The predicted octanol–water partition coefficient (Wildman–Crippen LogP) is 3.16. The lowest BCUT2D eigenvalue weighted by Crippen LogP contribution is -2.33. The number of halogens is 3. The maximum absolute atomic E-state index is 12.6. The van der Waals surface area contributed by atoms with Gasteiger partial charge in [0.15, 0.2) is 0 Å². The highest BCUT2D eigenvalue weighted by molar-refractivity contribution is 7.88. The molecular weight excluding hydrogens is 413 g/mol. The highest BCUT2D eigenvalue weighted by Gasteiger charge is 2.33. The molecule has 0 radical (unpaired) electrons. The highest BCUT2D eigenvalue weighted by Crippen LogP contribution is 2.33. The van der Waals surface area contributed by atoms with Crippen LogP contribution in [0.15, 0.2) is 28.8 Å². The van der Waals surface area contributed by atoms with E-state index >= 15 is 0 Å². The number of sulfonamides is 1. The number of aromatic nitrogens is 2. The van der Waals surface area contributed by atoms with E-state index in [1.807, 2.05) is 0 Å². The monoisotopic (exact) mass is 434 g/mol. The van der Waals surface area contributed by atoms with E-state index in [1.54, 1.807) is 6.07 Å². The van der Waals surface area contributed by atoms with Crippen LogP contribution in [0.2, 0.25) is 0 Å². The van der Waals surface area contributed by atoms with Crippen molar-refractivity contribution in [2.45, 2.75) is 38.1 Å². The Balaban J connectivity index is 1.58. The summed E-state index contributed by atoms with van der Waals surface area (Å²) >= 11 is 0. The van der Waals surface area contributed by atoms with Gasteiger partial charge in [-0.15, -0.1) is 13.2 Å². The van der Waals surface area contributed by atoms with Crippen molar-refractivity contribution in [3.63, 3.8) is 0 Å². The Morgan fingerprint density at radius 2 is 1.90 bits per heavy atom. The van der Waals surface area contributed by atoms with Crippen molar-refractivity contribution in [3.05, 3.63) is 24.3 Å². The summed E-state index contributed by atoms with van der Waals surface area (Å²) in [6.07, 6.45) is -0.493. The van der Waals surface area contributed by atoms with E-state index in [0.717, 1.165) is 31.9 Å². The number of alkyl halides is 3. The van der Waals surface area contributed by atoms with Crippen molar-refractivity contribution in [2.75, 3.05) is 18.1 Å². The van der Waals surface area contributed by atoms with Crippen LogP contribution in [-0.2, 0) is 10.0 Å². The van der Waals surface area contributed by atoms with E-state index in [0.29, 0.717) is 6.54 Å². The predicted molar refractivity (Wildman–Crippen MR) is 98.6 cm³/mol. The third kappa shape index (κ3) is 6.60. The molecular formula is C17H21F3N4O4S. The van der Waals surface area contributed by atoms with Gasteiger partial charge in [0.05, 0.1) is 11.8 Å². The van der Waals surface area contributed by atoms with E-state index in [-0.39, 0.29) is 29.4 Å². The second-order valence-corrected chi connectivity index (χ2v) is 8.78. The molecule has 3 rings (SSSR count). The normalized spacial score (nSPS) is 20.4. The lowest BCUT2D eigenvalue weighted by molar-refractivity contribution is -0.274. The zero-order chi connectivity index (χ0) is 21.1. The van der Waals surface area contributed by atoms with Gasteiger partial charge in [0.1, 0.15) is 5.75 Å². The van der Waals surface area contributed by atoms with Crippen molar-refractivity contribution in [3.8, 4) is 17.1 Å². The first-order valence-electron chi connectivity index (χ1n) is 8.99. The molecule has 0 aliphatic heterocycles. The Morgan fingerprint density at radius 3 is 2.55 bits per heavy atom. The first-order valence-corrected chi connectivity index (χ1v) is 10.9. The maximum atomic E-state index is 12.6.